The quantitative estimate of drug-likeness (QED) is 0.207. The van der Waals surface area contributed by atoms with E-state index in [2.05, 4.69) is 152 Å². The molecule has 4 nitrogen and oxygen atoms in total. The molecule has 0 bridgehead atoms. The van der Waals surface area contributed by atoms with Gasteiger partial charge in [0.2, 0.25) is 0 Å². The normalized spacial score (nSPS) is 11.1. The van der Waals surface area contributed by atoms with Crippen LogP contribution in [0.5, 0.6) is 0 Å². The molecule has 0 radical (unpaired) electrons. The minimum Gasteiger partial charge on any atom is -0.309 e. The number of nitrogens with zero attached hydrogens (tertiary/aromatic N) is 4. The Labute approximate surface area is 248 Å². The number of anilines is 6. The Morgan fingerprint density at radius 1 is 0.524 bits per heavy atom. The highest BCUT2D eigenvalue weighted by molar-refractivity contribution is 5.98. The molecule has 0 fully saturated rings. The second kappa shape index (κ2) is 11.1. The average molecular weight is 549 g/mol. The summed E-state index contributed by atoms with van der Waals surface area (Å²) in [4.78, 5) is 13.5. The van der Waals surface area contributed by atoms with Crippen molar-refractivity contribution in [3.05, 3.63) is 143 Å². The molecule has 0 saturated carbocycles. The zero-order valence-corrected chi connectivity index (χ0v) is 25.2. The average Bonchev–Trinajstić information content (AvgIpc) is 2.97. The van der Waals surface area contributed by atoms with Crippen molar-refractivity contribution in [1.29, 1.82) is 0 Å². The summed E-state index contributed by atoms with van der Waals surface area (Å²) in [5.41, 5.74) is 13.3. The van der Waals surface area contributed by atoms with E-state index < -0.39 is 0 Å². The molecule has 6 rings (SSSR count). The van der Waals surface area contributed by atoms with Crippen LogP contribution in [0.3, 0.4) is 0 Å². The first-order valence-corrected chi connectivity index (χ1v) is 14.4. The van der Waals surface area contributed by atoms with Gasteiger partial charge in [0, 0.05) is 23.0 Å². The number of benzene rings is 5. The van der Waals surface area contributed by atoms with Crippen molar-refractivity contribution < 1.29 is 0 Å². The van der Waals surface area contributed by atoms with Crippen molar-refractivity contribution in [2.24, 2.45) is 0 Å². The third kappa shape index (κ3) is 5.01. The first-order valence-electron chi connectivity index (χ1n) is 14.4. The number of rotatable bonds is 6. The van der Waals surface area contributed by atoms with Gasteiger partial charge in [0.05, 0.1) is 17.1 Å². The Bertz CT molecular complexity index is 1780. The second-order valence-electron chi connectivity index (χ2n) is 11.2. The Morgan fingerprint density at radius 2 is 1.05 bits per heavy atom. The highest BCUT2D eigenvalue weighted by atomic mass is 15.2. The van der Waals surface area contributed by atoms with E-state index in [0.717, 1.165) is 22.9 Å². The Hall–Kier alpha value is -4.96. The van der Waals surface area contributed by atoms with Crippen LogP contribution in [0.15, 0.2) is 110 Å². The van der Waals surface area contributed by atoms with Gasteiger partial charge in [-0.05, 0) is 106 Å². The van der Waals surface area contributed by atoms with Crippen LogP contribution >= 0.6 is 0 Å². The third-order valence-corrected chi connectivity index (χ3v) is 7.89. The van der Waals surface area contributed by atoms with Crippen LogP contribution in [0.4, 0.5) is 34.3 Å². The number of aromatic nitrogens is 2. The standard InChI is InChI=1S/C38H36N4/c1-25-20-27(3)37(28(4)21-25)42(38-29(5)22-26(2)23-30(38)6)33-16-14-32(15-17-33)41(36-18-19-39-24-40-36)35-13-9-11-31-10-7-8-12-34(31)35/h7-24H,1-6H3. The first kappa shape index (κ1) is 27.2. The zero-order valence-electron chi connectivity index (χ0n) is 25.2. The fraction of sp³-hybridized carbons (Fsp3) is 0.158. The molecular formula is C38H36N4. The second-order valence-corrected chi connectivity index (χ2v) is 11.2. The fourth-order valence-electron chi connectivity index (χ4n) is 6.39. The van der Waals surface area contributed by atoms with Crippen molar-refractivity contribution in [1.82, 2.24) is 9.97 Å². The monoisotopic (exact) mass is 548 g/mol. The van der Waals surface area contributed by atoms with Gasteiger partial charge in [-0.15, -0.1) is 0 Å². The lowest BCUT2D eigenvalue weighted by molar-refractivity contribution is 1.11. The fourth-order valence-corrected chi connectivity index (χ4v) is 6.39. The Kier molecular flexibility index (Phi) is 7.22. The number of hydrogen-bond acceptors (Lipinski definition) is 4. The molecule has 5 aromatic carbocycles. The topological polar surface area (TPSA) is 32.3 Å². The Morgan fingerprint density at radius 3 is 1.60 bits per heavy atom. The van der Waals surface area contributed by atoms with Gasteiger partial charge in [0.1, 0.15) is 12.1 Å². The summed E-state index contributed by atoms with van der Waals surface area (Å²) < 4.78 is 0. The summed E-state index contributed by atoms with van der Waals surface area (Å²) in [6, 6.07) is 34.8. The molecule has 1 heterocycles. The van der Waals surface area contributed by atoms with E-state index in [1.165, 1.54) is 55.5 Å². The van der Waals surface area contributed by atoms with E-state index in [1.54, 1.807) is 12.5 Å². The first-order chi connectivity index (χ1) is 20.3. The summed E-state index contributed by atoms with van der Waals surface area (Å²) in [5.74, 6) is 0.821. The van der Waals surface area contributed by atoms with Crippen LogP contribution in [0.2, 0.25) is 0 Å². The highest BCUT2D eigenvalue weighted by Crippen LogP contribution is 2.44. The lowest BCUT2D eigenvalue weighted by Gasteiger charge is -2.32. The Balaban J connectivity index is 1.54. The lowest BCUT2D eigenvalue weighted by Crippen LogP contribution is -2.16. The van der Waals surface area contributed by atoms with E-state index >= 15 is 0 Å². The van der Waals surface area contributed by atoms with Crippen LogP contribution in [0.25, 0.3) is 10.8 Å². The number of aryl methyl sites for hydroxylation is 6. The number of fused-ring (bicyclic) bond motifs is 1. The predicted molar refractivity (Wildman–Crippen MR) is 177 cm³/mol. The van der Waals surface area contributed by atoms with Crippen LogP contribution < -0.4 is 9.80 Å². The molecule has 4 heteroatoms. The molecule has 0 unspecified atom stereocenters. The predicted octanol–water partition coefficient (Wildman–Crippen LogP) is 10.4. The largest absolute Gasteiger partial charge is 0.309 e. The van der Waals surface area contributed by atoms with Gasteiger partial charge < -0.3 is 4.90 Å². The minimum absolute atomic E-state index is 0.821. The maximum atomic E-state index is 4.66. The summed E-state index contributed by atoms with van der Waals surface area (Å²) in [5, 5.41) is 2.36. The molecular weight excluding hydrogens is 512 g/mol. The molecule has 0 aliphatic rings. The molecule has 0 spiro atoms. The summed E-state index contributed by atoms with van der Waals surface area (Å²) in [6.45, 7) is 13.2. The molecule has 6 aromatic rings. The van der Waals surface area contributed by atoms with Crippen LogP contribution in [-0.4, -0.2) is 9.97 Å². The molecule has 42 heavy (non-hydrogen) atoms. The zero-order chi connectivity index (χ0) is 29.4. The summed E-state index contributed by atoms with van der Waals surface area (Å²) in [7, 11) is 0. The summed E-state index contributed by atoms with van der Waals surface area (Å²) in [6.07, 6.45) is 3.40. The molecule has 0 N–H and O–H groups in total. The van der Waals surface area contributed by atoms with E-state index in [4.69, 9.17) is 0 Å². The van der Waals surface area contributed by atoms with Crippen LogP contribution in [0, 0.1) is 41.5 Å². The third-order valence-electron chi connectivity index (χ3n) is 7.89. The van der Waals surface area contributed by atoms with E-state index in [-0.39, 0.29) is 0 Å². The van der Waals surface area contributed by atoms with Crippen molar-refractivity contribution in [3.8, 4) is 0 Å². The van der Waals surface area contributed by atoms with Crippen molar-refractivity contribution >= 4 is 45.0 Å². The lowest BCUT2D eigenvalue weighted by atomic mass is 9.98. The van der Waals surface area contributed by atoms with E-state index in [0.29, 0.717) is 0 Å². The molecule has 0 amide bonds. The van der Waals surface area contributed by atoms with Crippen molar-refractivity contribution in [3.63, 3.8) is 0 Å². The van der Waals surface area contributed by atoms with Gasteiger partial charge in [-0.1, -0.05) is 71.8 Å². The SMILES string of the molecule is Cc1cc(C)c(N(c2ccc(N(c3ccncn3)c3cccc4ccccc34)cc2)c2c(C)cc(C)cc2C)c(C)c1. The van der Waals surface area contributed by atoms with Gasteiger partial charge in [0.25, 0.3) is 0 Å². The molecule has 0 aliphatic heterocycles. The van der Waals surface area contributed by atoms with Crippen molar-refractivity contribution in [2.45, 2.75) is 41.5 Å². The van der Waals surface area contributed by atoms with Gasteiger partial charge in [0.15, 0.2) is 0 Å². The molecule has 0 aliphatic carbocycles. The smallest absolute Gasteiger partial charge is 0.140 e. The maximum Gasteiger partial charge on any atom is 0.140 e. The van der Waals surface area contributed by atoms with E-state index in [9.17, 15) is 0 Å². The minimum atomic E-state index is 0.821. The van der Waals surface area contributed by atoms with Crippen molar-refractivity contribution in [2.75, 3.05) is 9.80 Å². The molecule has 208 valence electrons. The van der Waals surface area contributed by atoms with Gasteiger partial charge in [-0.2, -0.15) is 0 Å². The van der Waals surface area contributed by atoms with Gasteiger partial charge in [-0.25, -0.2) is 9.97 Å². The molecule has 0 atom stereocenters. The summed E-state index contributed by atoms with van der Waals surface area (Å²) >= 11 is 0. The van der Waals surface area contributed by atoms with E-state index in [1.807, 2.05) is 6.07 Å². The van der Waals surface area contributed by atoms with Gasteiger partial charge >= 0.3 is 0 Å². The van der Waals surface area contributed by atoms with Crippen LogP contribution in [0.1, 0.15) is 33.4 Å². The number of hydrogen-bond donors (Lipinski definition) is 0. The maximum absolute atomic E-state index is 4.66. The highest BCUT2D eigenvalue weighted by Gasteiger charge is 2.22. The van der Waals surface area contributed by atoms with Crippen LogP contribution in [-0.2, 0) is 0 Å². The molecule has 1 aromatic heterocycles. The van der Waals surface area contributed by atoms with Gasteiger partial charge in [-0.3, -0.25) is 4.90 Å². The molecule has 0 saturated heterocycles.